The van der Waals surface area contributed by atoms with Crippen molar-refractivity contribution < 1.29 is 70.4 Å². The summed E-state index contributed by atoms with van der Waals surface area (Å²) in [6.45, 7) is 0. The Bertz CT molecular complexity index is 868. The smallest absolute Gasteiger partial charge is 0.0813 e. The van der Waals surface area contributed by atoms with Crippen LogP contribution in [0.2, 0.25) is 0 Å². The monoisotopic (exact) mass is 589 g/mol. The van der Waals surface area contributed by atoms with E-state index in [0.717, 1.165) is 0 Å². The summed E-state index contributed by atoms with van der Waals surface area (Å²) in [7, 11) is 0. The van der Waals surface area contributed by atoms with Crippen LogP contribution in [-0.2, 0) is 62.1 Å². The Morgan fingerprint density at radius 2 is 0.735 bits per heavy atom. The number of pyridine rings is 4. The van der Waals surface area contributed by atoms with Crippen molar-refractivity contribution in [3.63, 3.8) is 0 Å². The summed E-state index contributed by atoms with van der Waals surface area (Å²) >= 11 is -11.5. The van der Waals surface area contributed by atoms with Gasteiger partial charge < -0.3 is 19.9 Å². The van der Waals surface area contributed by atoms with Gasteiger partial charge in [-0.2, -0.15) is 72.8 Å². The van der Waals surface area contributed by atoms with Crippen LogP contribution in [-0.4, -0.2) is 28.3 Å². The maximum atomic E-state index is 9.53. The van der Waals surface area contributed by atoms with Crippen molar-refractivity contribution in [2.45, 2.75) is 0 Å². The summed E-state index contributed by atoms with van der Waals surface area (Å²) in [5.41, 5.74) is 0. The molecule has 4 aromatic rings. The molecule has 0 aliphatic rings. The van der Waals surface area contributed by atoms with E-state index in [2.05, 4.69) is 47.6 Å². The van der Waals surface area contributed by atoms with E-state index in [1.54, 1.807) is 49.1 Å². The van der Waals surface area contributed by atoms with Crippen LogP contribution < -0.4 is 0 Å². The first kappa shape index (κ1) is 33.4. The Balaban J connectivity index is 0. The summed E-state index contributed by atoms with van der Waals surface area (Å²) < 4.78 is 56.3. The standard InChI is InChI=1S/4C5H4N.Co.2Cr.2H2O.5O/c4*1-2-4-6-5-3-1;;;;;;;;;;/h4*1-4H;;;;2*1H2;;;;;/q4*-1;;2*+1;;;;;;;/p-2. The van der Waals surface area contributed by atoms with Gasteiger partial charge in [0.15, 0.2) is 0 Å². The maximum absolute atomic E-state index is 9.53. The average molecular weight is 589 g/mol. The van der Waals surface area contributed by atoms with Crippen LogP contribution in [0, 0.1) is 24.8 Å². The predicted molar refractivity (Wildman–Crippen MR) is 101 cm³/mol. The molecule has 0 spiro atoms. The quantitative estimate of drug-likeness (QED) is 0.327. The summed E-state index contributed by atoms with van der Waals surface area (Å²) in [6.07, 6.45) is 17.3. The van der Waals surface area contributed by atoms with E-state index in [1.165, 1.54) is 0 Å². The molecule has 11 nitrogen and oxygen atoms in total. The third-order valence-electron chi connectivity index (χ3n) is 2.24. The Labute approximate surface area is 211 Å². The van der Waals surface area contributed by atoms with E-state index in [9.17, 15) is 15.2 Å². The van der Waals surface area contributed by atoms with E-state index >= 15 is 0 Å². The van der Waals surface area contributed by atoms with E-state index < -0.39 is 27.2 Å². The summed E-state index contributed by atoms with van der Waals surface area (Å²) in [6, 6.07) is 22.0. The minimum Gasteiger partial charge on any atom is -0.394 e. The number of aromatic nitrogens is 4. The van der Waals surface area contributed by atoms with Crippen LogP contribution in [0.1, 0.15) is 0 Å². The second kappa shape index (κ2) is 22.1. The molecular weight excluding hydrogens is 571 g/mol. The van der Waals surface area contributed by atoms with Crippen molar-refractivity contribution >= 4 is 0 Å². The normalized spacial score (nSPS) is 9.24. The van der Waals surface area contributed by atoms with Gasteiger partial charge in [0.25, 0.3) is 0 Å². The van der Waals surface area contributed by atoms with Crippen molar-refractivity contribution in [1.82, 2.24) is 19.9 Å². The second-order valence-corrected chi connectivity index (χ2v) is 8.52. The molecule has 4 aromatic heterocycles. The largest absolute Gasteiger partial charge is 0.394 e. The number of rotatable bonds is 2. The van der Waals surface area contributed by atoms with Gasteiger partial charge in [-0.25, -0.2) is 0 Å². The third-order valence-corrected chi connectivity index (χ3v) is 4.99. The number of hydrogen-bond donors (Lipinski definition) is 2. The molecule has 2 N–H and O–H groups in total. The van der Waals surface area contributed by atoms with Gasteiger partial charge in [0.2, 0.25) is 0 Å². The first-order chi connectivity index (χ1) is 15.7. The fourth-order valence-corrected chi connectivity index (χ4v) is 2.96. The molecule has 0 fully saturated rings. The Morgan fingerprint density at radius 1 is 0.500 bits per heavy atom. The zero-order valence-corrected chi connectivity index (χ0v) is 20.7. The molecule has 4 rings (SSSR count). The molecule has 0 bridgehead atoms. The van der Waals surface area contributed by atoms with Gasteiger partial charge in [0.05, 0.1) is 0 Å². The van der Waals surface area contributed by atoms with E-state index in [-0.39, 0.29) is 16.8 Å². The molecule has 4 heterocycles. The average Bonchev–Trinajstić information content (AvgIpc) is 2.83. The molecule has 0 aliphatic carbocycles. The fraction of sp³-hybridized carbons (Fsp3) is 0. The van der Waals surface area contributed by atoms with Gasteiger partial charge in [0, 0.05) is 16.8 Å². The zero-order valence-electron chi connectivity index (χ0n) is 17.1. The van der Waals surface area contributed by atoms with Crippen LogP contribution in [0.25, 0.3) is 0 Å². The Morgan fingerprint density at radius 3 is 0.765 bits per heavy atom. The van der Waals surface area contributed by atoms with Crippen molar-refractivity contribution in [3.05, 3.63) is 122 Å². The van der Waals surface area contributed by atoms with Gasteiger partial charge in [-0.3, -0.25) is 0 Å². The third kappa shape index (κ3) is 31.4. The van der Waals surface area contributed by atoms with Crippen LogP contribution in [0.5, 0.6) is 0 Å². The van der Waals surface area contributed by atoms with Gasteiger partial charge in [-0.1, -0.05) is 49.6 Å². The summed E-state index contributed by atoms with van der Waals surface area (Å²) in [5.74, 6) is 0. The molecule has 34 heavy (non-hydrogen) atoms. The van der Waals surface area contributed by atoms with Crippen molar-refractivity contribution in [2.24, 2.45) is 0 Å². The summed E-state index contributed by atoms with van der Waals surface area (Å²) in [5, 5.41) is 0. The minimum absolute atomic E-state index is 0. The minimum atomic E-state index is -5.76. The molecule has 0 atom stereocenters. The molecule has 1 radical (unpaired) electrons. The first-order valence-corrected chi connectivity index (χ1v) is 12.7. The topological polar surface area (TPSA) is 170 Å². The van der Waals surface area contributed by atoms with Gasteiger partial charge in [-0.15, -0.1) is 0 Å². The van der Waals surface area contributed by atoms with Gasteiger partial charge >= 0.3 is 53.6 Å². The van der Waals surface area contributed by atoms with Crippen LogP contribution >= 0.6 is 0 Å². The molecule has 0 aromatic carbocycles. The molecular formula is C20H18CoCr2N4O7-4. The number of hydrogen-bond acceptors (Lipinski definition) is 9. The molecule has 0 amide bonds. The molecule has 185 valence electrons. The van der Waals surface area contributed by atoms with E-state index in [0.29, 0.717) is 0 Å². The molecule has 0 saturated heterocycles. The van der Waals surface area contributed by atoms with Crippen LogP contribution in [0.15, 0.2) is 97.6 Å². The molecule has 0 saturated carbocycles. The number of nitrogens with zero attached hydrogens (tertiary/aromatic N) is 4. The second-order valence-electron chi connectivity index (χ2n) is 4.76. The molecule has 14 heteroatoms. The Kier molecular flexibility index (Phi) is 21.7. The van der Waals surface area contributed by atoms with E-state index in [4.69, 9.17) is 8.32 Å². The Hall–Kier alpha value is -2.75. The SMILES string of the molecule is [Co].[O]=[Cr](=[O])([OH])[O][Cr](=[O])(=[O])[OH].[c-]1ccccn1.[c-]1ccccn1.[c-]1ccccn1.[c-]1ccccn1. The van der Waals surface area contributed by atoms with Gasteiger partial charge in [0.1, 0.15) is 0 Å². The van der Waals surface area contributed by atoms with Crippen molar-refractivity contribution in [3.8, 4) is 0 Å². The van der Waals surface area contributed by atoms with Crippen molar-refractivity contribution in [1.29, 1.82) is 0 Å². The molecule has 0 aliphatic heterocycles. The maximum Gasteiger partial charge on any atom is -0.0813 e. The molecule has 0 unspecified atom stereocenters. The van der Waals surface area contributed by atoms with Crippen molar-refractivity contribution in [2.75, 3.05) is 0 Å². The fourth-order valence-electron chi connectivity index (χ4n) is 1.22. The van der Waals surface area contributed by atoms with Gasteiger partial charge in [-0.05, 0) is 0 Å². The van der Waals surface area contributed by atoms with E-state index in [1.807, 2.05) is 48.5 Å². The van der Waals surface area contributed by atoms with Crippen LogP contribution in [0.3, 0.4) is 0 Å². The van der Waals surface area contributed by atoms with Crippen LogP contribution in [0.4, 0.5) is 0 Å². The first-order valence-electron chi connectivity index (χ1n) is 8.45. The zero-order chi connectivity index (χ0) is 24.7. The predicted octanol–water partition coefficient (Wildman–Crippen LogP) is 1.86. The summed E-state index contributed by atoms with van der Waals surface area (Å²) in [4.78, 5) is 14.6.